The van der Waals surface area contributed by atoms with E-state index in [1.165, 1.54) is 18.2 Å². The monoisotopic (exact) mass is 219 g/mol. The van der Waals surface area contributed by atoms with E-state index in [9.17, 15) is 13.0 Å². The Morgan fingerprint density at radius 3 is 2.67 bits per heavy atom. The van der Waals surface area contributed by atoms with Crippen molar-refractivity contribution < 1.29 is 36.2 Å². The Kier molecular flexibility index (Phi) is 3.26. The molecule has 0 fully saturated rings. The van der Waals surface area contributed by atoms with Gasteiger partial charge in [0.2, 0.25) is 0 Å². The fourth-order valence-electron chi connectivity index (χ4n) is 1.18. The summed E-state index contributed by atoms with van der Waals surface area (Å²) in [4.78, 5) is 3.67. The van der Waals surface area contributed by atoms with Gasteiger partial charge in [-0.3, -0.25) is 0 Å². The van der Waals surface area contributed by atoms with Gasteiger partial charge in [0.1, 0.15) is 15.6 Å². The summed E-state index contributed by atoms with van der Waals surface area (Å²) in [7, 11) is -4.42. The zero-order valence-corrected chi connectivity index (χ0v) is 9.04. The van der Waals surface area contributed by atoms with Crippen LogP contribution in [0.3, 0.4) is 0 Å². The predicted octanol–water partition coefficient (Wildman–Crippen LogP) is -1.96. The molecule has 5 nitrogen and oxygen atoms in total. The van der Waals surface area contributed by atoms with Crippen molar-refractivity contribution in [3.05, 3.63) is 24.1 Å². The van der Waals surface area contributed by atoms with Crippen LogP contribution < -0.4 is 18.9 Å². The maximum atomic E-state index is 10.7. The molecule has 0 aliphatic carbocycles. The van der Waals surface area contributed by atoms with Crippen molar-refractivity contribution in [2.75, 3.05) is 0 Å². The molecule has 0 unspecified atom stereocenters. The number of nitrogens with zero attached hydrogens (tertiary/aromatic N) is 1. The average molecular weight is 219 g/mol. The van der Waals surface area contributed by atoms with Crippen LogP contribution in [0.1, 0.15) is 5.89 Å². The topological polar surface area (TPSA) is 83.2 Å². The van der Waals surface area contributed by atoms with Crippen molar-refractivity contribution in [2.45, 2.75) is 11.8 Å². The summed E-state index contributed by atoms with van der Waals surface area (Å²) in [5, 5.41) is 0. The predicted molar refractivity (Wildman–Crippen MR) is 46.7 cm³/mol. The molecule has 1 heterocycles. The van der Waals surface area contributed by atoms with Crippen LogP contribution in [-0.2, 0) is 10.1 Å². The molecular weight excluding hydrogens is 213 g/mol. The molecule has 0 N–H and O–H groups in total. The van der Waals surface area contributed by atoms with Gasteiger partial charge in [0, 0.05) is 13.0 Å². The van der Waals surface area contributed by atoms with Crippen LogP contribution in [0.4, 0.5) is 0 Å². The van der Waals surface area contributed by atoms with E-state index in [1.54, 1.807) is 6.92 Å². The molecule has 0 aliphatic heterocycles. The van der Waals surface area contributed by atoms with E-state index in [0.29, 0.717) is 17.0 Å². The first kappa shape index (κ1) is 12.3. The zero-order chi connectivity index (χ0) is 10.3. The number of benzene rings is 1. The number of aryl methyl sites for hydroxylation is 1. The van der Waals surface area contributed by atoms with Crippen LogP contribution in [0.5, 0.6) is 0 Å². The zero-order valence-electron chi connectivity index (χ0n) is 8.22. The van der Waals surface area contributed by atoms with Crippen LogP contribution in [0.15, 0.2) is 27.5 Å². The maximum absolute atomic E-state index is 10.7. The minimum Gasteiger partial charge on any atom is -0.744 e. The van der Waals surface area contributed by atoms with Crippen molar-refractivity contribution >= 4 is 21.2 Å². The van der Waals surface area contributed by atoms with Crippen LogP contribution in [0, 0.1) is 6.92 Å². The van der Waals surface area contributed by atoms with Gasteiger partial charge in [0.25, 0.3) is 0 Å². The summed E-state index contributed by atoms with van der Waals surface area (Å²) in [6, 6.07) is 3.83. The second kappa shape index (κ2) is 3.98. The SMILES string of the molecule is Cc1nc2ccc(S(=O)(=O)[O-])cc2o1.[Li+]. The van der Waals surface area contributed by atoms with E-state index in [4.69, 9.17) is 4.42 Å². The van der Waals surface area contributed by atoms with E-state index < -0.39 is 10.1 Å². The first-order chi connectivity index (χ1) is 6.47. The van der Waals surface area contributed by atoms with Gasteiger partial charge in [-0.05, 0) is 12.1 Å². The van der Waals surface area contributed by atoms with Crippen LogP contribution in [-0.4, -0.2) is 18.0 Å². The second-order valence-electron chi connectivity index (χ2n) is 2.82. The molecule has 74 valence electrons. The van der Waals surface area contributed by atoms with Crippen molar-refractivity contribution in [1.82, 2.24) is 4.98 Å². The molecule has 2 rings (SSSR count). The molecule has 15 heavy (non-hydrogen) atoms. The molecule has 0 spiro atoms. The smallest absolute Gasteiger partial charge is 0.744 e. The van der Waals surface area contributed by atoms with Crippen molar-refractivity contribution in [3.63, 3.8) is 0 Å². The molecule has 0 amide bonds. The molecule has 0 bridgehead atoms. The number of rotatable bonds is 1. The third-order valence-corrected chi connectivity index (χ3v) is 2.59. The van der Waals surface area contributed by atoms with E-state index >= 15 is 0 Å². The minimum atomic E-state index is -4.42. The van der Waals surface area contributed by atoms with Gasteiger partial charge in [-0.1, -0.05) is 0 Å². The van der Waals surface area contributed by atoms with Gasteiger partial charge in [-0.15, -0.1) is 0 Å². The maximum Gasteiger partial charge on any atom is 1.00 e. The molecule has 2 aromatic rings. The van der Waals surface area contributed by atoms with Gasteiger partial charge < -0.3 is 8.97 Å². The summed E-state index contributed by atoms with van der Waals surface area (Å²) >= 11 is 0. The number of hydrogen-bond donors (Lipinski definition) is 0. The van der Waals surface area contributed by atoms with Gasteiger partial charge in [0.05, 0.1) is 4.90 Å². The largest absolute Gasteiger partial charge is 1.00 e. The third kappa shape index (κ3) is 2.41. The Morgan fingerprint density at radius 2 is 2.07 bits per heavy atom. The summed E-state index contributed by atoms with van der Waals surface area (Å²) < 4.78 is 37.1. The van der Waals surface area contributed by atoms with Gasteiger partial charge in [-0.25, -0.2) is 13.4 Å². The quantitative estimate of drug-likeness (QED) is 0.411. The first-order valence-corrected chi connectivity index (χ1v) is 5.21. The number of fused-ring (bicyclic) bond motifs is 1. The van der Waals surface area contributed by atoms with Crippen molar-refractivity contribution in [3.8, 4) is 0 Å². The Hall–Kier alpha value is -0.803. The Labute approximate surface area is 98.4 Å². The van der Waals surface area contributed by atoms with Crippen LogP contribution in [0.2, 0.25) is 0 Å². The molecule has 1 aromatic carbocycles. The molecule has 0 aliphatic rings. The van der Waals surface area contributed by atoms with Crippen molar-refractivity contribution in [1.29, 1.82) is 0 Å². The molecule has 1 aromatic heterocycles. The average Bonchev–Trinajstić information content (AvgIpc) is 2.41. The summed E-state index contributed by atoms with van der Waals surface area (Å²) in [6.45, 7) is 1.64. The normalized spacial score (nSPS) is 11.3. The molecule has 0 saturated heterocycles. The molecular formula is C8H6LiNO4S. The number of aromatic nitrogens is 1. The molecule has 0 atom stereocenters. The van der Waals surface area contributed by atoms with Crippen LogP contribution >= 0.6 is 0 Å². The number of hydrogen-bond acceptors (Lipinski definition) is 5. The number of oxazole rings is 1. The van der Waals surface area contributed by atoms with Crippen molar-refractivity contribution in [2.24, 2.45) is 0 Å². The fourth-order valence-corrected chi connectivity index (χ4v) is 1.66. The molecule has 0 saturated carbocycles. The van der Waals surface area contributed by atoms with E-state index in [1.807, 2.05) is 0 Å². The molecule has 0 radical (unpaired) electrons. The first-order valence-electron chi connectivity index (χ1n) is 3.80. The van der Waals surface area contributed by atoms with Gasteiger partial charge >= 0.3 is 18.9 Å². The Morgan fingerprint density at radius 1 is 1.40 bits per heavy atom. The minimum absolute atomic E-state index is 0. The summed E-state index contributed by atoms with van der Waals surface area (Å²) in [6.07, 6.45) is 0. The second-order valence-corrected chi connectivity index (χ2v) is 4.20. The fraction of sp³-hybridized carbons (Fsp3) is 0.125. The molecule has 7 heteroatoms. The van der Waals surface area contributed by atoms with Gasteiger partial charge in [-0.2, -0.15) is 0 Å². The third-order valence-electron chi connectivity index (χ3n) is 1.76. The van der Waals surface area contributed by atoms with E-state index in [2.05, 4.69) is 4.98 Å². The van der Waals surface area contributed by atoms with E-state index in [-0.39, 0.29) is 23.8 Å². The Bertz CT molecular complexity index is 590. The Balaban J connectivity index is 0.00000112. The van der Waals surface area contributed by atoms with Gasteiger partial charge in [0.15, 0.2) is 11.5 Å². The van der Waals surface area contributed by atoms with E-state index in [0.717, 1.165) is 0 Å². The standard InChI is InChI=1S/C8H7NO4S.Li/c1-5-9-7-3-2-6(14(10,11)12)4-8(7)13-5;/h2-4H,1H3,(H,10,11,12);/q;+1/p-1. The summed E-state index contributed by atoms with van der Waals surface area (Å²) in [5.41, 5.74) is 0.842. The van der Waals surface area contributed by atoms with Crippen LogP contribution in [0.25, 0.3) is 11.1 Å². The summed E-state index contributed by atoms with van der Waals surface area (Å²) in [5.74, 6) is 0.431.